The van der Waals surface area contributed by atoms with Crippen molar-refractivity contribution in [3.05, 3.63) is 35.3 Å². The molecule has 1 aliphatic rings. The van der Waals surface area contributed by atoms with Crippen LogP contribution in [-0.4, -0.2) is 36.3 Å². The molecular weight excluding hydrogens is 378 g/mol. The first-order chi connectivity index (χ1) is 11.4. The summed E-state index contributed by atoms with van der Waals surface area (Å²) >= 11 is 1.52. The van der Waals surface area contributed by atoms with Gasteiger partial charge in [0.25, 0.3) is 0 Å². The molecular formula is C17H24ClN3O2S2. The van der Waals surface area contributed by atoms with E-state index in [4.69, 9.17) is 5.73 Å². The van der Waals surface area contributed by atoms with Crippen LogP contribution in [0.25, 0.3) is 10.6 Å². The molecule has 0 saturated carbocycles. The average molecular weight is 402 g/mol. The Hall–Kier alpha value is -0.990. The third-order valence-electron chi connectivity index (χ3n) is 4.41. The van der Waals surface area contributed by atoms with Crippen LogP contribution < -0.4 is 5.73 Å². The number of hydrogen-bond donors (Lipinski definition) is 1. The topological polar surface area (TPSA) is 76.3 Å². The Morgan fingerprint density at radius 1 is 1.36 bits per heavy atom. The van der Waals surface area contributed by atoms with E-state index in [9.17, 15) is 8.42 Å². The number of aryl methyl sites for hydroxylation is 1. The van der Waals surface area contributed by atoms with Crippen molar-refractivity contribution >= 4 is 33.8 Å². The Labute approximate surface area is 159 Å². The number of halogens is 1. The van der Waals surface area contributed by atoms with Crippen molar-refractivity contribution in [2.24, 2.45) is 5.73 Å². The summed E-state index contributed by atoms with van der Waals surface area (Å²) in [5.74, 6) is 0. The number of benzene rings is 1. The van der Waals surface area contributed by atoms with Crippen LogP contribution in [0.15, 0.2) is 34.5 Å². The quantitative estimate of drug-likeness (QED) is 0.851. The van der Waals surface area contributed by atoms with E-state index < -0.39 is 10.0 Å². The largest absolute Gasteiger partial charge is 0.326 e. The summed E-state index contributed by atoms with van der Waals surface area (Å²) in [5.41, 5.74) is 7.82. The molecule has 0 spiro atoms. The fourth-order valence-corrected chi connectivity index (χ4v) is 5.78. The zero-order chi connectivity index (χ0) is 17.3. The molecule has 0 aliphatic carbocycles. The number of aromatic nitrogens is 1. The second-order valence-electron chi connectivity index (χ2n) is 6.36. The zero-order valence-corrected chi connectivity index (χ0v) is 16.8. The smallest absolute Gasteiger partial charge is 0.243 e. The zero-order valence-electron chi connectivity index (χ0n) is 14.4. The Balaban J connectivity index is 0.00000225. The van der Waals surface area contributed by atoms with Gasteiger partial charge in [-0.1, -0.05) is 18.6 Å². The van der Waals surface area contributed by atoms with Gasteiger partial charge in [0.1, 0.15) is 5.01 Å². The van der Waals surface area contributed by atoms with Crippen LogP contribution in [0.3, 0.4) is 0 Å². The van der Waals surface area contributed by atoms with E-state index in [0.717, 1.165) is 35.5 Å². The molecule has 0 bridgehead atoms. The summed E-state index contributed by atoms with van der Waals surface area (Å²) in [6.07, 6.45) is 2.73. The van der Waals surface area contributed by atoms with Crippen molar-refractivity contribution in [2.75, 3.05) is 6.54 Å². The highest BCUT2D eigenvalue weighted by molar-refractivity contribution is 7.89. The summed E-state index contributed by atoms with van der Waals surface area (Å²) < 4.78 is 27.9. The van der Waals surface area contributed by atoms with Gasteiger partial charge in [0.2, 0.25) is 10.0 Å². The number of piperidine rings is 1. The molecule has 1 aromatic carbocycles. The second kappa shape index (κ2) is 8.14. The van der Waals surface area contributed by atoms with E-state index in [2.05, 4.69) is 4.98 Å². The molecule has 1 fully saturated rings. The van der Waals surface area contributed by atoms with Gasteiger partial charge in [0.05, 0.1) is 4.90 Å². The lowest BCUT2D eigenvalue weighted by Crippen LogP contribution is -2.51. The molecule has 2 unspecified atom stereocenters. The molecule has 0 amide bonds. The monoisotopic (exact) mass is 401 g/mol. The minimum Gasteiger partial charge on any atom is -0.326 e. The van der Waals surface area contributed by atoms with Gasteiger partial charge in [-0.15, -0.1) is 23.7 Å². The van der Waals surface area contributed by atoms with Gasteiger partial charge in [-0.3, -0.25) is 0 Å². The number of nitrogens with two attached hydrogens (primary N) is 1. The lowest BCUT2D eigenvalue weighted by Gasteiger charge is -2.36. The Morgan fingerprint density at radius 2 is 2.12 bits per heavy atom. The van der Waals surface area contributed by atoms with Gasteiger partial charge in [-0.25, -0.2) is 13.4 Å². The van der Waals surface area contributed by atoms with E-state index in [0.29, 0.717) is 11.4 Å². The third kappa shape index (κ3) is 4.23. The molecule has 2 heterocycles. The van der Waals surface area contributed by atoms with Crippen molar-refractivity contribution in [1.29, 1.82) is 0 Å². The molecule has 5 nitrogen and oxygen atoms in total. The van der Waals surface area contributed by atoms with Crippen molar-refractivity contribution in [3.8, 4) is 10.6 Å². The van der Waals surface area contributed by atoms with Crippen LogP contribution in [0.2, 0.25) is 0 Å². The van der Waals surface area contributed by atoms with E-state index in [1.54, 1.807) is 22.5 Å². The van der Waals surface area contributed by atoms with Crippen LogP contribution >= 0.6 is 23.7 Å². The highest BCUT2D eigenvalue weighted by atomic mass is 35.5. The van der Waals surface area contributed by atoms with Crippen LogP contribution in [-0.2, 0) is 10.0 Å². The van der Waals surface area contributed by atoms with Crippen LogP contribution in [0, 0.1) is 6.92 Å². The maximum atomic E-state index is 13.1. The van der Waals surface area contributed by atoms with E-state index in [-0.39, 0.29) is 24.5 Å². The molecule has 25 heavy (non-hydrogen) atoms. The molecule has 1 aromatic heterocycles. The predicted molar refractivity (Wildman–Crippen MR) is 105 cm³/mol. The number of sulfonamides is 1. The van der Waals surface area contributed by atoms with Crippen molar-refractivity contribution in [3.63, 3.8) is 0 Å². The summed E-state index contributed by atoms with van der Waals surface area (Å²) in [4.78, 5) is 4.77. The lowest BCUT2D eigenvalue weighted by atomic mass is 10.00. The minimum absolute atomic E-state index is 0. The van der Waals surface area contributed by atoms with Gasteiger partial charge in [-0.2, -0.15) is 4.31 Å². The molecule has 138 valence electrons. The molecule has 1 aliphatic heterocycles. The summed E-state index contributed by atoms with van der Waals surface area (Å²) in [5, 5.41) is 2.81. The van der Waals surface area contributed by atoms with Crippen molar-refractivity contribution in [1.82, 2.24) is 9.29 Å². The molecule has 2 N–H and O–H groups in total. The maximum Gasteiger partial charge on any atom is 0.243 e. The Bertz CT molecular complexity index is 821. The first-order valence-electron chi connectivity index (χ1n) is 8.19. The predicted octanol–water partition coefficient (Wildman–Crippen LogP) is 3.43. The molecule has 2 atom stereocenters. The molecule has 1 saturated heterocycles. The summed E-state index contributed by atoms with van der Waals surface area (Å²) in [6, 6.07) is 6.76. The van der Waals surface area contributed by atoms with Crippen LogP contribution in [0.5, 0.6) is 0 Å². The number of nitrogens with zero attached hydrogens (tertiary/aromatic N) is 2. The number of thiazole rings is 1. The number of rotatable bonds is 4. The summed E-state index contributed by atoms with van der Waals surface area (Å²) in [7, 11) is -3.55. The fraction of sp³-hybridized carbons (Fsp3) is 0.471. The minimum atomic E-state index is -3.55. The molecule has 3 rings (SSSR count). The van der Waals surface area contributed by atoms with E-state index in [1.165, 1.54) is 11.3 Å². The van der Waals surface area contributed by atoms with Crippen molar-refractivity contribution < 1.29 is 8.42 Å². The van der Waals surface area contributed by atoms with E-state index in [1.807, 2.05) is 25.3 Å². The van der Waals surface area contributed by atoms with Gasteiger partial charge >= 0.3 is 0 Å². The average Bonchev–Trinajstić information content (AvgIpc) is 3.01. The van der Waals surface area contributed by atoms with Gasteiger partial charge in [-0.05, 0) is 38.8 Å². The van der Waals surface area contributed by atoms with Crippen molar-refractivity contribution in [2.45, 2.75) is 50.1 Å². The van der Waals surface area contributed by atoms with Crippen LogP contribution in [0.4, 0.5) is 0 Å². The first kappa shape index (κ1) is 20.3. The van der Waals surface area contributed by atoms with Gasteiger partial charge in [0, 0.05) is 35.3 Å². The Kier molecular flexibility index (Phi) is 6.62. The maximum absolute atomic E-state index is 13.1. The number of hydrogen-bond acceptors (Lipinski definition) is 5. The standard InChI is InChI=1S/C17H23N3O2S2.ClH/c1-12-11-23-17(19-12)14-6-5-7-15(10-14)24(21,22)20-9-4-3-8-16(20)13(2)18;/h5-7,10-11,13,16H,3-4,8-9,18H2,1-2H3;1H. The lowest BCUT2D eigenvalue weighted by molar-refractivity contribution is 0.227. The molecule has 0 radical (unpaired) electrons. The fourth-order valence-electron chi connectivity index (χ4n) is 3.17. The van der Waals surface area contributed by atoms with Gasteiger partial charge in [0.15, 0.2) is 0 Å². The molecule has 2 aromatic rings. The first-order valence-corrected chi connectivity index (χ1v) is 10.5. The van der Waals surface area contributed by atoms with Crippen LogP contribution in [0.1, 0.15) is 31.9 Å². The third-order valence-corrected chi connectivity index (χ3v) is 7.34. The van der Waals surface area contributed by atoms with E-state index >= 15 is 0 Å². The highest BCUT2D eigenvalue weighted by Gasteiger charge is 2.35. The SMILES string of the molecule is Cc1csc(-c2cccc(S(=O)(=O)N3CCCCC3C(C)N)c2)n1.Cl. The van der Waals surface area contributed by atoms with Gasteiger partial charge < -0.3 is 5.73 Å². The highest BCUT2D eigenvalue weighted by Crippen LogP contribution is 2.30. The molecule has 8 heteroatoms. The normalized spacial score (nSPS) is 20.0. The Morgan fingerprint density at radius 3 is 2.76 bits per heavy atom. The summed E-state index contributed by atoms with van der Waals surface area (Å²) in [6.45, 7) is 4.35. The second-order valence-corrected chi connectivity index (χ2v) is 9.11.